The van der Waals surface area contributed by atoms with Crippen LogP contribution in [0.1, 0.15) is 39.0 Å². The molecule has 0 aromatic rings. The van der Waals surface area contributed by atoms with Crippen molar-refractivity contribution < 1.29 is 4.84 Å². The zero-order valence-corrected chi connectivity index (χ0v) is 8.67. The summed E-state index contributed by atoms with van der Waals surface area (Å²) >= 11 is 0. The second-order valence-electron chi connectivity index (χ2n) is 3.64. The van der Waals surface area contributed by atoms with Gasteiger partial charge in [0, 0.05) is 19.1 Å². The second-order valence-corrected chi connectivity index (χ2v) is 3.64. The van der Waals surface area contributed by atoms with Crippen molar-refractivity contribution in [1.82, 2.24) is 5.06 Å². The SMILES string of the molecule is CCON(CCN)C1CCCCC1. The Kier molecular flexibility index (Phi) is 5.35. The van der Waals surface area contributed by atoms with Crippen molar-refractivity contribution in [2.45, 2.75) is 45.1 Å². The standard InChI is InChI=1S/C10H22N2O/c1-2-13-12(9-8-11)10-6-4-3-5-7-10/h10H,2-9,11H2,1H3. The van der Waals surface area contributed by atoms with E-state index in [1.165, 1.54) is 32.1 Å². The van der Waals surface area contributed by atoms with E-state index in [1.807, 2.05) is 6.92 Å². The normalized spacial score (nSPS) is 19.6. The van der Waals surface area contributed by atoms with E-state index < -0.39 is 0 Å². The molecule has 0 aliphatic heterocycles. The van der Waals surface area contributed by atoms with E-state index in [9.17, 15) is 0 Å². The van der Waals surface area contributed by atoms with Crippen LogP contribution in [0.25, 0.3) is 0 Å². The van der Waals surface area contributed by atoms with E-state index in [-0.39, 0.29) is 0 Å². The molecule has 0 heterocycles. The number of hydrogen-bond donors (Lipinski definition) is 1. The average Bonchev–Trinajstić information content (AvgIpc) is 2.19. The van der Waals surface area contributed by atoms with Gasteiger partial charge in [-0.15, -0.1) is 0 Å². The third kappa shape index (κ3) is 3.63. The van der Waals surface area contributed by atoms with E-state index in [0.29, 0.717) is 12.6 Å². The Hall–Kier alpha value is -0.120. The molecule has 0 atom stereocenters. The molecule has 0 saturated heterocycles. The maximum atomic E-state index is 5.58. The molecular weight excluding hydrogens is 164 g/mol. The van der Waals surface area contributed by atoms with Crippen LogP contribution in [-0.2, 0) is 4.84 Å². The van der Waals surface area contributed by atoms with Crippen molar-refractivity contribution in [2.75, 3.05) is 19.7 Å². The minimum absolute atomic E-state index is 0.622. The Morgan fingerprint density at radius 3 is 2.54 bits per heavy atom. The Labute approximate surface area is 81.2 Å². The van der Waals surface area contributed by atoms with E-state index in [1.54, 1.807) is 0 Å². The summed E-state index contributed by atoms with van der Waals surface area (Å²) in [6.07, 6.45) is 6.64. The Morgan fingerprint density at radius 2 is 2.00 bits per heavy atom. The molecule has 0 aromatic heterocycles. The van der Waals surface area contributed by atoms with Gasteiger partial charge in [0.15, 0.2) is 0 Å². The first-order valence-electron chi connectivity index (χ1n) is 5.48. The highest BCUT2D eigenvalue weighted by atomic mass is 16.7. The van der Waals surface area contributed by atoms with Gasteiger partial charge in [-0.3, -0.25) is 4.84 Å². The number of hydrogen-bond acceptors (Lipinski definition) is 3. The van der Waals surface area contributed by atoms with Crippen LogP contribution in [0.5, 0.6) is 0 Å². The fourth-order valence-corrected chi connectivity index (χ4v) is 2.01. The highest BCUT2D eigenvalue weighted by Crippen LogP contribution is 2.22. The smallest absolute Gasteiger partial charge is 0.0657 e. The zero-order valence-electron chi connectivity index (χ0n) is 8.67. The van der Waals surface area contributed by atoms with Gasteiger partial charge < -0.3 is 5.73 Å². The maximum absolute atomic E-state index is 5.58. The molecule has 1 saturated carbocycles. The summed E-state index contributed by atoms with van der Waals surface area (Å²) in [5.41, 5.74) is 5.54. The van der Waals surface area contributed by atoms with Crippen molar-refractivity contribution in [1.29, 1.82) is 0 Å². The molecule has 0 aromatic carbocycles. The number of rotatable bonds is 5. The fraction of sp³-hybridized carbons (Fsp3) is 1.00. The molecule has 1 aliphatic rings. The molecule has 0 bridgehead atoms. The number of nitrogens with zero attached hydrogens (tertiary/aromatic N) is 1. The summed E-state index contributed by atoms with van der Waals surface area (Å²) in [5, 5.41) is 2.10. The Morgan fingerprint density at radius 1 is 1.31 bits per heavy atom. The highest BCUT2D eigenvalue weighted by molar-refractivity contribution is 4.71. The van der Waals surface area contributed by atoms with Gasteiger partial charge in [0.1, 0.15) is 0 Å². The van der Waals surface area contributed by atoms with Gasteiger partial charge in [0.25, 0.3) is 0 Å². The largest absolute Gasteiger partial charge is 0.329 e. The predicted molar refractivity (Wildman–Crippen MR) is 54.3 cm³/mol. The molecule has 3 heteroatoms. The van der Waals surface area contributed by atoms with E-state index in [4.69, 9.17) is 10.6 Å². The lowest BCUT2D eigenvalue weighted by Gasteiger charge is -2.32. The van der Waals surface area contributed by atoms with Crippen LogP contribution < -0.4 is 5.73 Å². The summed E-state index contributed by atoms with van der Waals surface area (Å²) in [4.78, 5) is 5.58. The van der Waals surface area contributed by atoms with E-state index in [2.05, 4.69) is 5.06 Å². The number of hydroxylamine groups is 2. The van der Waals surface area contributed by atoms with Gasteiger partial charge in [-0.25, -0.2) is 0 Å². The molecule has 3 nitrogen and oxygen atoms in total. The molecule has 0 unspecified atom stereocenters. The summed E-state index contributed by atoms with van der Waals surface area (Å²) < 4.78 is 0. The third-order valence-corrected chi connectivity index (χ3v) is 2.63. The lowest BCUT2D eigenvalue weighted by Crippen LogP contribution is -2.39. The first kappa shape index (κ1) is 11.0. The minimum atomic E-state index is 0.622. The lowest BCUT2D eigenvalue weighted by atomic mass is 9.95. The molecule has 2 N–H and O–H groups in total. The van der Waals surface area contributed by atoms with Crippen LogP contribution in [0.2, 0.25) is 0 Å². The predicted octanol–water partition coefficient (Wildman–Crippen LogP) is 1.53. The van der Waals surface area contributed by atoms with Crippen molar-refractivity contribution in [3.8, 4) is 0 Å². The lowest BCUT2D eigenvalue weighted by molar-refractivity contribution is -0.186. The van der Waals surface area contributed by atoms with Crippen molar-refractivity contribution in [3.05, 3.63) is 0 Å². The molecular formula is C10H22N2O. The molecule has 0 amide bonds. The molecule has 0 radical (unpaired) electrons. The summed E-state index contributed by atoms with van der Waals surface area (Å²) in [5.74, 6) is 0. The van der Waals surface area contributed by atoms with Crippen LogP contribution in [0.15, 0.2) is 0 Å². The molecule has 13 heavy (non-hydrogen) atoms. The van der Waals surface area contributed by atoms with Gasteiger partial charge in [-0.1, -0.05) is 19.3 Å². The van der Waals surface area contributed by atoms with Gasteiger partial charge in [-0.05, 0) is 19.8 Å². The molecule has 1 aliphatic carbocycles. The topological polar surface area (TPSA) is 38.5 Å². The first-order valence-corrected chi connectivity index (χ1v) is 5.48. The second kappa shape index (κ2) is 6.35. The van der Waals surface area contributed by atoms with E-state index >= 15 is 0 Å². The molecule has 78 valence electrons. The van der Waals surface area contributed by atoms with Crippen LogP contribution in [0.3, 0.4) is 0 Å². The minimum Gasteiger partial charge on any atom is -0.329 e. The molecule has 0 spiro atoms. The van der Waals surface area contributed by atoms with Crippen LogP contribution in [-0.4, -0.2) is 30.8 Å². The van der Waals surface area contributed by atoms with Gasteiger partial charge in [0.2, 0.25) is 0 Å². The van der Waals surface area contributed by atoms with Crippen molar-refractivity contribution in [3.63, 3.8) is 0 Å². The summed E-state index contributed by atoms with van der Waals surface area (Å²) in [7, 11) is 0. The monoisotopic (exact) mass is 186 g/mol. The van der Waals surface area contributed by atoms with Crippen molar-refractivity contribution >= 4 is 0 Å². The Balaban J connectivity index is 2.32. The van der Waals surface area contributed by atoms with Crippen LogP contribution in [0.4, 0.5) is 0 Å². The van der Waals surface area contributed by atoms with Crippen LogP contribution >= 0.6 is 0 Å². The van der Waals surface area contributed by atoms with Crippen molar-refractivity contribution in [2.24, 2.45) is 5.73 Å². The van der Waals surface area contributed by atoms with E-state index in [0.717, 1.165) is 13.2 Å². The first-order chi connectivity index (χ1) is 6.38. The average molecular weight is 186 g/mol. The van der Waals surface area contributed by atoms with Crippen LogP contribution in [0, 0.1) is 0 Å². The summed E-state index contributed by atoms with van der Waals surface area (Å²) in [6, 6.07) is 0.622. The summed E-state index contributed by atoms with van der Waals surface area (Å²) in [6.45, 7) is 4.36. The van der Waals surface area contributed by atoms with Gasteiger partial charge in [0.05, 0.1) is 6.61 Å². The quantitative estimate of drug-likeness (QED) is 0.662. The third-order valence-electron chi connectivity index (χ3n) is 2.63. The molecule has 1 rings (SSSR count). The van der Waals surface area contributed by atoms with Gasteiger partial charge in [-0.2, -0.15) is 5.06 Å². The Bertz CT molecular complexity index is 118. The molecule has 1 fully saturated rings. The fourth-order valence-electron chi connectivity index (χ4n) is 2.01. The zero-order chi connectivity index (χ0) is 9.52. The number of nitrogens with two attached hydrogens (primary N) is 1. The maximum Gasteiger partial charge on any atom is 0.0657 e. The highest BCUT2D eigenvalue weighted by Gasteiger charge is 2.20. The van der Waals surface area contributed by atoms with Gasteiger partial charge >= 0.3 is 0 Å².